The molecule has 1 aliphatic rings. The van der Waals surface area contributed by atoms with Gasteiger partial charge in [0.1, 0.15) is 0 Å². The number of ether oxygens (including phenoxy) is 2. The fourth-order valence-electron chi connectivity index (χ4n) is 2.38. The molecule has 124 valence electrons. The normalized spacial score (nSPS) is 21.2. The maximum atomic E-state index is 12.0. The standard InChI is InChI=1S/C15H30N2O4/c1-4-17(5-2)15(19)12(3)16-9-13(18)10-20-11-14-7-6-8-21-14/h12-14,16,18H,4-11H2,1-3H3. The zero-order chi connectivity index (χ0) is 15.7. The van der Waals surface area contributed by atoms with Crippen LogP contribution < -0.4 is 5.32 Å². The largest absolute Gasteiger partial charge is 0.389 e. The average molecular weight is 302 g/mol. The number of likely N-dealkylation sites (N-methyl/N-ethyl adjacent to an activating group) is 1. The highest BCUT2D eigenvalue weighted by Crippen LogP contribution is 2.11. The first-order chi connectivity index (χ1) is 10.1. The quantitative estimate of drug-likeness (QED) is 0.611. The smallest absolute Gasteiger partial charge is 0.239 e. The van der Waals surface area contributed by atoms with Gasteiger partial charge in [-0.05, 0) is 33.6 Å². The number of amides is 1. The van der Waals surface area contributed by atoms with Crippen LogP contribution in [0.15, 0.2) is 0 Å². The molecule has 1 saturated heterocycles. The molecule has 0 spiro atoms. The lowest BCUT2D eigenvalue weighted by Gasteiger charge is -2.24. The second kappa shape index (κ2) is 10.1. The molecular weight excluding hydrogens is 272 g/mol. The highest BCUT2D eigenvalue weighted by Gasteiger charge is 2.19. The zero-order valence-corrected chi connectivity index (χ0v) is 13.5. The van der Waals surface area contributed by atoms with Gasteiger partial charge in [0.05, 0.1) is 31.5 Å². The fourth-order valence-corrected chi connectivity index (χ4v) is 2.38. The van der Waals surface area contributed by atoms with Crippen LogP contribution in [0.1, 0.15) is 33.6 Å². The maximum Gasteiger partial charge on any atom is 0.239 e. The van der Waals surface area contributed by atoms with Crippen LogP contribution in [0, 0.1) is 0 Å². The van der Waals surface area contributed by atoms with Gasteiger partial charge in [-0.15, -0.1) is 0 Å². The van der Waals surface area contributed by atoms with Crippen LogP contribution in [-0.4, -0.2) is 73.6 Å². The Morgan fingerprint density at radius 2 is 2.19 bits per heavy atom. The van der Waals surface area contributed by atoms with Gasteiger partial charge < -0.3 is 24.8 Å². The third-order valence-corrected chi connectivity index (χ3v) is 3.74. The number of hydrogen-bond acceptors (Lipinski definition) is 5. The lowest BCUT2D eigenvalue weighted by Crippen LogP contribution is -2.47. The lowest BCUT2D eigenvalue weighted by molar-refractivity contribution is -0.132. The van der Waals surface area contributed by atoms with Crippen molar-refractivity contribution in [3.63, 3.8) is 0 Å². The Kier molecular flexibility index (Phi) is 8.84. The number of aliphatic hydroxyl groups is 1. The molecule has 21 heavy (non-hydrogen) atoms. The molecule has 1 rings (SSSR count). The van der Waals surface area contributed by atoms with Gasteiger partial charge in [0, 0.05) is 26.2 Å². The minimum absolute atomic E-state index is 0.0625. The maximum absolute atomic E-state index is 12.0. The number of carbonyl (C=O) groups excluding carboxylic acids is 1. The van der Waals surface area contributed by atoms with Gasteiger partial charge in [0.25, 0.3) is 0 Å². The summed E-state index contributed by atoms with van der Waals surface area (Å²) in [5, 5.41) is 12.9. The van der Waals surface area contributed by atoms with Crippen molar-refractivity contribution in [2.75, 3.05) is 39.5 Å². The van der Waals surface area contributed by atoms with Crippen LogP contribution in [-0.2, 0) is 14.3 Å². The summed E-state index contributed by atoms with van der Waals surface area (Å²) in [6.07, 6.45) is 1.68. The lowest BCUT2D eigenvalue weighted by atomic mass is 10.2. The van der Waals surface area contributed by atoms with Crippen molar-refractivity contribution >= 4 is 5.91 Å². The highest BCUT2D eigenvalue weighted by atomic mass is 16.5. The molecule has 1 fully saturated rings. The van der Waals surface area contributed by atoms with Gasteiger partial charge in [-0.25, -0.2) is 0 Å². The predicted molar refractivity (Wildman–Crippen MR) is 81.2 cm³/mol. The van der Waals surface area contributed by atoms with E-state index in [9.17, 15) is 9.90 Å². The summed E-state index contributed by atoms with van der Waals surface area (Å²) in [6.45, 7) is 9.10. The Morgan fingerprint density at radius 1 is 1.48 bits per heavy atom. The van der Waals surface area contributed by atoms with E-state index in [-0.39, 0.29) is 24.7 Å². The highest BCUT2D eigenvalue weighted by molar-refractivity contribution is 5.81. The van der Waals surface area contributed by atoms with E-state index < -0.39 is 6.10 Å². The number of rotatable bonds is 10. The molecule has 0 aromatic heterocycles. The molecule has 2 N–H and O–H groups in total. The number of nitrogens with one attached hydrogen (secondary N) is 1. The molecule has 3 unspecified atom stereocenters. The van der Waals surface area contributed by atoms with Crippen molar-refractivity contribution in [3.05, 3.63) is 0 Å². The molecular formula is C15H30N2O4. The summed E-state index contributed by atoms with van der Waals surface area (Å²) in [6, 6.07) is -0.294. The summed E-state index contributed by atoms with van der Waals surface area (Å²) in [5.74, 6) is 0.0625. The number of hydrogen-bond donors (Lipinski definition) is 2. The van der Waals surface area contributed by atoms with Crippen LogP contribution in [0.3, 0.4) is 0 Å². The van der Waals surface area contributed by atoms with Crippen molar-refractivity contribution in [1.29, 1.82) is 0 Å². The number of nitrogens with zero attached hydrogens (tertiary/aromatic N) is 1. The second-order valence-electron chi connectivity index (χ2n) is 5.47. The van der Waals surface area contributed by atoms with Crippen molar-refractivity contribution in [2.45, 2.75) is 51.9 Å². The Morgan fingerprint density at radius 3 is 2.76 bits per heavy atom. The van der Waals surface area contributed by atoms with E-state index in [0.717, 1.165) is 19.4 Å². The van der Waals surface area contributed by atoms with E-state index in [1.165, 1.54) is 0 Å². The topological polar surface area (TPSA) is 71.0 Å². The average Bonchev–Trinajstić information content (AvgIpc) is 2.99. The number of carbonyl (C=O) groups is 1. The van der Waals surface area contributed by atoms with Crippen LogP contribution >= 0.6 is 0 Å². The van der Waals surface area contributed by atoms with Crippen molar-refractivity contribution in [3.8, 4) is 0 Å². The molecule has 0 aromatic rings. The molecule has 6 nitrogen and oxygen atoms in total. The molecule has 3 atom stereocenters. The molecule has 0 bridgehead atoms. The first-order valence-electron chi connectivity index (χ1n) is 7.98. The molecule has 0 aromatic carbocycles. The van der Waals surface area contributed by atoms with E-state index in [4.69, 9.17) is 9.47 Å². The molecule has 0 saturated carbocycles. The SMILES string of the molecule is CCN(CC)C(=O)C(C)NCC(O)COCC1CCCO1. The van der Waals surface area contributed by atoms with Gasteiger partial charge in [0.2, 0.25) is 5.91 Å². The van der Waals surface area contributed by atoms with Crippen molar-refractivity contribution < 1.29 is 19.4 Å². The third kappa shape index (κ3) is 6.74. The van der Waals surface area contributed by atoms with Gasteiger partial charge in [-0.1, -0.05) is 0 Å². The Hall–Kier alpha value is -0.690. The van der Waals surface area contributed by atoms with E-state index in [0.29, 0.717) is 26.2 Å². The monoisotopic (exact) mass is 302 g/mol. The molecule has 0 aliphatic carbocycles. The van der Waals surface area contributed by atoms with E-state index >= 15 is 0 Å². The van der Waals surface area contributed by atoms with E-state index in [1.54, 1.807) is 4.90 Å². The summed E-state index contributed by atoms with van der Waals surface area (Å²) in [5.41, 5.74) is 0. The Balaban J connectivity index is 2.13. The Bertz CT molecular complexity index is 291. The minimum atomic E-state index is -0.613. The van der Waals surface area contributed by atoms with Crippen LogP contribution in [0.5, 0.6) is 0 Å². The van der Waals surface area contributed by atoms with Gasteiger partial charge in [-0.3, -0.25) is 4.79 Å². The molecule has 6 heteroatoms. The first kappa shape index (κ1) is 18.4. The molecule has 0 radical (unpaired) electrons. The van der Waals surface area contributed by atoms with Crippen LogP contribution in [0.25, 0.3) is 0 Å². The fraction of sp³-hybridized carbons (Fsp3) is 0.933. The van der Waals surface area contributed by atoms with Gasteiger partial charge in [0.15, 0.2) is 0 Å². The van der Waals surface area contributed by atoms with Crippen molar-refractivity contribution in [1.82, 2.24) is 10.2 Å². The second-order valence-corrected chi connectivity index (χ2v) is 5.47. The van der Waals surface area contributed by atoms with Gasteiger partial charge in [-0.2, -0.15) is 0 Å². The van der Waals surface area contributed by atoms with Crippen LogP contribution in [0.4, 0.5) is 0 Å². The summed E-state index contributed by atoms with van der Waals surface area (Å²) < 4.78 is 10.9. The van der Waals surface area contributed by atoms with E-state index in [2.05, 4.69) is 5.32 Å². The van der Waals surface area contributed by atoms with Crippen LogP contribution in [0.2, 0.25) is 0 Å². The Labute approximate surface area is 127 Å². The molecule has 1 heterocycles. The zero-order valence-electron chi connectivity index (χ0n) is 13.5. The summed E-state index contributed by atoms with van der Waals surface area (Å²) in [7, 11) is 0. The molecule has 1 aliphatic heterocycles. The third-order valence-electron chi connectivity index (χ3n) is 3.74. The molecule has 1 amide bonds. The summed E-state index contributed by atoms with van der Waals surface area (Å²) >= 11 is 0. The summed E-state index contributed by atoms with van der Waals surface area (Å²) in [4.78, 5) is 13.8. The van der Waals surface area contributed by atoms with E-state index in [1.807, 2.05) is 20.8 Å². The van der Waals surface area contributed by atoms with Crippen molar-refractivity contribution in [2.24, 2.45) is 0 Å². The first-order valence-corrected chi connectivity index (χ1v) is 7.98. The minimum Gasteiger partial charge on any atom is -0.389 e. The predicted octanol–water partition coefficient (Wildman–Crippen LogP) is 0.389. The van der Waals surface area contributed by atoms with Gasteiger partial charge >= 0.3 is 0 Å². The number of aliphatic hydroxyl groups excluding tert-OH is 1.